The van der Waals surface area contributed by atoms with Gasteiger partial charge in [-0.05, 0) is 91.0 Å². The Hall–Kier alpha value is -5.86. The predicted molar refractivity (Wildman–Crippen MR) is 188 cm³/mol. The van der Waals surface area contributed by atoms with Crippen LogP contribution in [0, 0.1) is 0 Å². The van der Waals surface area contributed by atoms with Crippen LogP contribution < -0.4 is 10.6 Å². The Morgan fingerprint density at radius 1 is 0.261 bits per heavy atom. The van der Waals surface area contributed by atoms with Crippen molar-refractivity contribution >= 4 is 22.7 Å². The largest absolute Gasteiger partial charge is 0.355 e. The first-order valence-electron chi connectivity index (χ1n) is 16.1. The summed E-state index contributed by atoms with van der Waals surface area (Å²) in [5, 5.41) is 7.81. The molecular formula is C44H28N2. The van der Waals surface area contributed by atoms with Gasteiger partial charge < -0.3 is 10.6 Å². The summed E-state index contributed by atoms with van der Waals surface area (Å²) in [6.07, 6.45) is 0. The maximum absolute atomic E-state index is 3.90. The molecule has 4 aliphatic rings. The Balaban J connectivity index is 1.32. The lowest BCUT2D eigenvalue weighted by Gasteiger charge is -2.45. The first-order chi connectivity index (χ1) is 22.8. The van der Waals surface area contributed by atoms with Gasteiger partial charge >= 0.3 is 0 Å². The SMILES string of the molecule is c1ccc2c(c1)Nc1cc3c(cc1C21c2ccccc2-c2ccccc21)C1(c2ccccc2N3)c2ccccc2-c2ccccc21. The maximum atomic E-state index is 3.90. The molecule has 11 rings (SSSR count). The molecule has 7 aromatic carbocycles. The van der Waals surface area contributed by atoms with E-state index in [-0.39, 0.29) is 0 Å². The van der Waals surface area contributed by atoms with Crippen LogP contribution >= 0.6 is 0 Å². The molecule has 2 nitrogen and oxygen atoms in total. The summed E-state index contributed by atoms with van der Waals surface area (Å²) < 4.78 is 0. The molecule has 0 amide bonds. The molecule has 2 aliphatic carbocycles. The number of nitrogens with one attached hydrogen (secondary N) is 2. The van der Waals surface area contributed by atoms with Crippen LogP contribution in [0.1, 0.15) is 44.5 Å². The Bertz CT molecular complexity index is 2190. The van der Waals surface area contributed by atoms with Gasteiger partial charge in [0.25, 0.3) is 0 Å². The minimum absolute atomic E-state index is 0.463. The zero-order valence-electron chi connectivity index (χ0n) is 25.0. The van der Waals surface area contributed by atoms with Crippen molar-refractivity contribution in [3.63, 3.8) is 0 Å². The molecule has 2 spiro atoms. The van der Waals surface area contributed by atoms with E-state index in [1.54, 1.807) is 0 Å². The molecule has 2 heteroatoms. The van der Waals surface area contributed by atoms with Gasteiger partial charge in [0.15, 0.2) is 0 Å². The summed E-state index contributed by atoms with van der Waals surface area (Å²) in [5.41, 5.74) is 19.5. The second-order valence-electron chi connectivity index (χ2n) is 13.0. The van der Waals surface area contributed by atoms with Crippen LogP contribution in [-0.2, 0) is 10.8 Å². The third-order valence-corrected chi connectivity index (χ3v) is 11.1. The van der Waals surface area contributed by atoms with E-state index in [4.69, 9.17) is 0 Å². The lowest BCUT2D eigenvalue weighted by atomic mass is 9.61. The molecule has 2 N–H and O–H groups in total. The number of para-hydroxylation sites is 2. The van der Waals surface area contributed by atoms with Crippen molar-refractivity contribution in [1.82, 2.24) is 0 Å². The number of hydrogen-bond donors (Lipinski definition) is 2. The van der Waals surface area contributed by atoms with Crippen molar-refractivity contribution in [3.05, 3.63) is 202 Å². The van der Waals surface area contributed by atoms with E-state index in [2.05, 4.69) is 168 Å². The van der Waals surface area contributed by atoms with Gasteiger partial charge in [-0.15, -0.1) is 0 Å². The molecule has 0 saturated heterocycles. The molecule has 2 aliphatic heterocycles. The van der Waals surface area contributed by atoms with Crippen LogP contribution in [-0.4, -0.2) is 0 Å². The van der Waals surface area contributed by atoms with Gasteiger partial charge in [0.2, 0.25) is 0 Å². The van der Waals surface area contributed by atoms with Gasteiger partial charge in [-0.1, -0.05) is 133 Å². The third-order valence-electron chi connectivity index (χ3n) is 11.1. The fourth-order valence-corrected chi connectivity index (χ4v) is 9.48. The van der Waals surface area contributed by atoms with E-state index in [9.17, 15) is 0 Å². The second kappa shape index (κ2) is 8.44. The summed E-state index contributed by atoms with van der Waals surface area (Å²) in [6.45, 7) is 0. The lowest BCUT2D eigenvalue weighted by Crippen LogP contribution is -2.37. The Labute approximate surface area is 268 Å². The van der Waals surface area contributed by atoms with Gasteiger partial charge in [0.05, 0.1) is 10.8 Å². The summed E-state index contributed by atoms with van der Waals surface area (Å²) in [6, 6.07) is 58.9. The van der Waals surface area contributed by atoms with Gasteiger partial charge in [-0.3, -0.25) is 0 Å². The van der Waals surface area contributed by atoms with Crippen molar-refractivity contribution in [1.29, 1.82) is 0 Å². The van der Waals surface area contributed by atoms with E-state index in [1.807, 2.05) is 0 Å². The molecule has 0 unspecified atom stereocenters. The average Bonchev–Trinajstić information content (AvgIpc) is 3.57. The smallest absolute Gasteiger partial charge is 0.0754 e. The summed E-state index contributed by atoms with van der Waals surface area (Å²) in [5.74, 6) is 0. The predicted octanol–water partition coefficient (Wildman–Crippen LogP) is 10.5. The van der Waals surface area contributed by atoms with Crippen molar-refractivity contribution in [2.75, 3.05) is 10.6 Å². The first kappa shape index (κ1) is 24.5. The standard InChI is InChI=1S/C44H28N2/c1-5-17-31-27(13-1)28-14-2-6-18-32(28)43(31)35-21-9-11-23-39(35)45-41-26-42-38(25-37(41)43)44(36-22-10-12-24-40(36)46-42)33-19-7-3-15-29(33)30-16-4-8-20-34(30)44/h1-26,45-46H. The molecule has 2 heterocycles. The number of rotatable bonds is 0. The molecule has 0 radical (unpaired) electrons. The number of hydrogen-bond acceptors (Lipinski definition) is 2. The number of benzene rings is 7. The molecular weight excluding hydrogens is 556 g/mol. The van der Waals surface area contributed by atoms with E-state index in [0.29, 0.717) is 0 Å². The summed E-state index contributed by atoms with van der Waals surface area (Å²) in [7, 11) is 0. The molecule has 214 valence electrons. The van der Waals surface area contributed by atoms with Gasteiger partial charge in [0.1, 0.15) is 0 Å². The van der Waals surface area contributed by atoms with Crippen LogP contribution in [0.25, 0.3) is 22.3 Å². The highest BCUT2D eigenvalue weighted by atomic mass is 15.0. The van der Waals surface area contributed by atoms with Gasteiger partial charge in [-0.2, -0.15) is 0 Å². The van der Waals surface area contributed by atoms with Crippen LogP contribution in [0.3, 0.4) is 0 Å². The highest BCUT2D eigenvalue weighted by Gasteiger charge is 2.54. The molecule has 7 aromatic rings. The topological polar surface area (TPSA) is 24.1 Å². The molecule has 0 saturated carbocycles. The molecule has 0 atom stereocenters. The normalized spacial score (nSPS) is 15.7. The highest BCUT2D eigenvalue weighted by Crippen LogP contribution is 2.65. The van der Waals surface area contributed by atoms with Crippen LogP contribution in [0.4, 0.5) is 22.7 Å². The minimum Gasteiger partial charge on any atom is -0.355 e. The van der Waals surface area contributed by atoms with Crippen molar-refractivity contribution < 1.29 is 0 Å². The minimum atomic E-state index is -0.463. The van der Waals surface area contributed by atoms with Crippen molar-refractivity contribution in [3.8, 4) is 22.3 Å². The molecule has 0 fully saturated rings. The molecule has 0 aromatic heterocycles. The third kappa shape index (κ3) is 2.68. The average molecular weight is 585 g/mol. The number of anilines is 4. The second-order valence-corrected chi connectivity index (χ2v) is 13.0. The van der Waals surface area contributed by atoms with Crippen molar-refractivity contribution in [2.24, 2.45) is 0 Å². The summed E-state index contributed by atoms with van der Waals surface area (Å²) >= 11 is 0. The van der Waals surface area contributed by atoms with E-state index in [0.717, 1.165) is 22.7 Å². The number of fused-ring (bicyclic) bond motifs is 18. The Morgan fingerprint density at radius 2 is 0.565 bits per heavy atom. The fraction of sp³-hybridized carbons (Fsp3) is 0.0455. The zero-order chi connectivity index (χ0) is 30.0. The van der Waals surface area contributed by atoms with E-state index in [1.165, 1.54) is 66.8 Å². The highest BCUT2D eigenvalue weighted by molar-refractivity contribution is 5.97. The van der Waals surface area contributed by atoms with Crippen LogP contribution in [0.15, 0.2) is 158 Å². The van der Waals surface area contributed by atoms with Crippen molar-refractivity contribution in [2.45, 2.75) is 10.8 Å². The van der Waals surface area contributed by atoms with Gasteiger partial charge in [0, 0.05) is 22.7 Å². The fourth-order valence-electron chi connectivity index (χ4n) is 9.48. The van der Waals surface area contributed by atoms with E-state index < -0.39 is 10.8 Å². The summed E-state index contributed by atoms with van der Waals surface area (Å²) in [4.78, 5) is 0. The van der Waals surface area contributed by atoms with Gasteiger partial charge in [-0.25, -0.2) is 0 Å². The van der Waals surface area contributed by atoms with Crippen LogP contribution in [0.2, 0.25) is 0 Å². The first-order valence-corrected chi connectivity index (χ1v) is 16.1. The maximum Gasteiger partial charge on any atom is 0.0754 e. The Morgan fingerprint density at radius 3 is 0.935 bits per heavy atom. The quantitative estimate of drug-likeness (QED) is 0.185. The van der Waals surface area contributed by atoms with Crippen LogP contribution in [0.5, 0.6) is 0 Å². The van der Waals surface area contributed by atoms with E-state index >= 15 is 0 Å². The Kier molecular flexibility index (Phi) is 4.49. The zero-order valence-corrected chi connectivity index (χ0v) is 25.0. The molecule has 46 heavy (non-hydrogen) atoms. The monoisotopic (exact) mass is 584 g/mol. The lowest BCUT2D eigenvalue weighted by molar-refractivity contribution is 0.734. The molecule has 0 bridgehead atoms.